The predicted molar refractivity (Wildman–Crippen MR) is 103 cm³/mol. The molecule has 0 radical (unpaired) electrons. The van der Waals surface area contributed by atoms with Gasteiger partial charge < -0.3 is 4.90 Å². The van der Waals surface area contributed by atoms with Crippen LogP contribution in [-0.2, 0) is 0 Å². The van der Waals surface area contributed by atoms with Crippen molar-refractivity contribution in [2.45, 2.75) is 12.1 Å². The minimum absolute atomic E-state index is 0.145. The van der Waals surface area contributed by atoms with Crippen LogP contribution in [0.1, 0.15) is 32.3 Å². The smallest absolute Gasteiger partial charge is 0.270 e. The minimum atomic E-state index is -0.628. The lowest BCUT2D eigenvalue weighted by Crippen LogP contribution is -2.19. The van der Waals surface area contributed by atoms with Crippen LogP contribution in [0.5, 0.6) is 0 Å². The van der Waals surface area contributed by atoms with E-state index < -0.39 is 16.9 Å². The number of non-ortho nitro benzene ring substituents is 1. The van der Waals surface area contributed by atoms with Gasteiger partial charge in [-0.1, -0.05) is 66.7 Å². The number of rotatable bonds is 5. The summed E-state index contributed by atoms with van der Waals surface area (Å²) in [5.74, 6) is -0.542. The van der Waals surface area contributed by atoms with Gasteiger partial charge in [0.15, 0.2) is 5.78 Å². The molecular weight excluding hydrogens is 356 g/mol. The summed E-state index contributed by atoms with van der Waals surface area (Å²) in [5.41, 5.74) is 1.42. The van der Waals surface area contributed by atoms with Crippen molar-refractivity contribution >= 4 is 17.4 Å². The van der Waals surface area contributed by atoms with Gasteiger partial charge >= 0.3 is 0 Å². The van der Waals surface area contributed by atoms with Crippen molar-refractivity contribution in [2.75, 3.05) is 0 Å². The molecule has 0 bridgehead atoms. The monoisotopic (exact) mass is 372 g/mol. The first-order valence-corrected chi connectivity index (χ1v) is 8.79. The highest BCUT2D eigenvalue weighted by molar-refractivity contribution is 6.08. The van der Waals surface area contributed by atoms with Crippen molar-refractivity contribution in [2.24, 2.45) is 0 Å². The number of nitro benzene ring substituents is 1. The van der Waals surface area contributed by atoms with Gasteiger partial charge in [-0.3, -0.25) is 19.7 Å². The molecule has 6 nitrogen and oxygen atoms in total. The standard InChI is InChI=1S/C22H16N2O4/c25-21(16-10-5-2-6-11-16)20-19(15-8-3-1-4-9-15)23(20)22(26)17-12-7-13-18(14-17)24(27)28/h1-14,19-20H/t19-,20+,23?/m0/s1. The normalized spacial score (nSPS) is 17.8. The largest absolute Gasteiger partial charge is 0.316 e. The van der Waals surface area contributed by atoms with Crippen LogP contribution in [0.4, 0.5) is 5.69 Å². The van der Waals surface area contributed by atoms with Crippen LogP contribution in [0.2, 0.25) is 0 Å². The number of hydrogen-bond acceptors (Lipinski definition) is 4. The summed E-state index contributed by atoms with van der Waals surface area (Å²) in [5, 5.41) is 11.0. The minimum Gasteiger partial charge on any atom is -0.316 e. The average Bonchev–Trinajstić information content (AvgIpc) is 3.49. The van der Waals surface area contributed by atoms with Gasteiger partial charge in [0, 0.05) is 23.3 Å². The van der Waals surface area contributed by atoms with Crippen molar-refractivity contribution in [3.8, 4) is 0 Å². The molecule has 138 valence electrons. The maximum Gasteiger partial charge on any atom is 0.270 e. The van der Waals surface area contributed by atoms with Crippen molar-refractivity contribution in [1.82, 2.24) is 4.90 Å². The number of nitrogens with zero attached hydrogens (tertiary/aromatic N) is 2. The van der Waals surface area contributed by atoms with E-state index in [1.54, 1.807) is 24.3 Å². The Kier molecular flexibility index (Phi) is 4.45. The molecule has 3 aromatic rings. The van der Waals surface area contributed by atoms with Crippen LogP contribution in [0.3, 0.4) is 0 Å². The molecule has 28 heavy (non-hydrogen) atoms. The predicted octanol–water partition coefficient (Wildman–Crippen LogP) is 4.04. The van der Waals surface area contributed by atoms with Crippen molar-refractivity contribution in [3.05, 3.63) is 112 Å². The highest BCUT2D eigenvalue weighted by Gasteiger charge is 2.56. The first-order valence-electron chi connectivity index (χ1n) is 8.79. The van der Waals surface area contributed by atoms with Gasteiger partial charge in [0.25, 0.3) is 11.6 Å². The summed E-state index contributed by atoms with van der Waals surface area (Å²) in [7, 11) is 0. The van der Waals surface area contributed by atoms with E-state index >= 15 is 0 Å². The van der Waals surface area contributed by atoms with E-state index in [1.807, 2.05) is 36.4 Å². The molecule has 6 heteroatoms. The Labute approximate surface area is 161 Å². The van der Waals surface area contributed by atoms with Gasteiger partial charge in [-0.05, 0) is 11.6 Å². The van der Waals surface area contributed by atoms with E-state index in [0.29, 0.717) is 5.56 Å². The summed E-state index contributed by atoms with van der Waals surface area (Å²) in [6.07, 6.45) is 0. The molecular formula is C22H16N2O4. The molecule has 1 aliphatic rings. The zero-order valence-corrected chi connectivity index (χ0v) is 14.8. The van der Waals surface area contributed by atoms with E-state index in [-0.39, 0.29) is 23.1 Å². The molecule has 0 aromatic heterocycles. The van der Waals surface area contributed by atoms with Gasteiger partial charge in [0.1, 0.15) is 6.04 Å². The van der Waals surface area contributed by atoms with Crippen LogP contribution >= 0.6 is 0 Å². The van der Waals surface area contributed by atoms with E-state index in [4.69, 9.17) is 0 Å². The van der Waals surface area contributed by atoms with Gasteiger partial charge in [0.2, 0.25) is 0 Å². The number of hydrogen-bond donors (Lipinski definition) is 0. The fraction of sp³-hybridized carbons (Fsp3) is 0.0909. The van der Waals surface area contributed by atoms with E-state index in [1.165, 1.54) is 29.2 Å². The van der Waals surface area contributed by atoms with Crippen molar-refractivity contribution < 1.29 is 14.5 Å². The molecule has 0 aliphatic carbocycles. The number of Topliss-reactive ketones (excluding diaryl/α,β-unsaturated/α-hetero) is 1. The molecule has 0 unspecified atom stereocenters. The SMILES string of the molecule is O=C(c1ccccc1)[C@H]1[C@H](c2ccccc2)N1C(=O)c1cccc([N+](=O)[O-])c1. The average molecular weight is 372 g/mol. The lowest BCUT2D eigenvalue weighted by molar-refractivity contribution is -0.384. The third-order valence-electron chi connectivity index (χ3n) is 4.82. The second-order valence-electron chi connectivity index (χ2n) is 6.55. The number of ketones is 1. The van der Waals surface area contributed by atoms with Crippen molar-refractivity contribution in [3.63, 3.8) is 0 Å². The summed E-state index contributed by atoms with van der Waals surface area (Å²) >= 11 is 0. The van der Waals surface area contributed by atoms with Gasteiger partial charge in [-0.25, -0.2) is 0 Å². The lowest BCUT2D eigenvalue weighted by atomic mass is 10.0. The van der Waals surface area contributed by atoms with E-state index in [9.17, 15) is 19.7 Å². The van der Waals surface area contributed by atoms with Crippen LogP contribution in [0.25, 0.3) is 0 Å². The molecule has 1 saturated heterocycles. The Morgan fingerprint density at radius 3 is 2.07 bits per heavy atom. The number of amides is 1. The van der Waals surface area contributed by atoms with Gasteiger partial charge in [-0.15, -0.1) is 0 Å². The molecule has 2 atom stereocenters. The quantitative estimate of drug-likeness (QED) is 0.293. The molecule has 1 aliphatic heterocycles. The Hall–Kier alpha value is -3.80. The zero-order valence-electron chi connectivity index (χ0n) is 14.8. The molecule has 1 fully saturated rings. The number of nitro groups is 1. The Morgan fingerprint density at radius 2 is 1.43 bits per heavy atom. The Bertz CT molecular complexity index is 1050. The number of carbonyl (C=O) groups excluding carboxylic acids is 2. The lowest BCUT2D eigenvalue weighted by Gasteiger charge is -2.05. The second kappa shape index (κ2) is 7.08. The molecule has 4 rings (SSSR count). The summed E-state index contributed by atoms with van der Waals surface area (Å²) < 4.78 is 0. The fourth-order valence-electron chi connectivity index (χ4n) is 3.42. The maximum absolute atomic E-state index is 13.1. The Morgan fingerprint density at radius 1 is 0.821 bits per heavy atom. The zero-order chi connectivity index (χ0) is 19.7. The third-order valence-corrected chi connectivity index (χ3v) is 4.82. The van der Waals surface area contributed by atoms with Crippen molar-refractivity contribution in [1.29, 1.82) is 0 Å². The molecule has 0 spiro atoms. The second-order valence-corrected chi connectivity index (χ2v) is 6.55. The van der Waals surface area contributed by atoms with Gasteiger partial charge in [-0.2, -0.15) is 0 Å². The van der Waals surface area contributed by atoms with Crippen LogP contribution in [0.15, 0.2) is 84.9 Å². The fourth-order valence-corrected chi connectivity index (χ4v) is 3.42. The van der Waals surface area contributed by atoms with Crippen LogP contribution in [-0.4, -0.2) is 27.6 Å². The summed E-state index contributed by atoms with van der Waals surface area (Å²) in [6, 6.07) is 22.7. The number of benzene rings is 3. The maximum atomic E-state index is 13.1. The van der Waals surface area contributed by atoms with Crippen LogP contribution < -0.4 is 0 Å². The molecule has 0 N–H and O–H groups in total. The van der Waals surface area contributed by atoms with Gasteiger partial charge in [0.05, 0.1) is 11.0 Å². The van der Waals surface area contributed by atoms with E-state index in [2.05, 4.69) is 0 Å². The highest BCUT2D eigenvalue weighted by Crippen LogP contribution is 2.46. The molecule has 3 aromatic carbocycles. The molecule has 0 saturated carbocycles. The summed E-state index contributed by atoms with van der Waals surface area (Å²) in [4.78, 5) is 38.1. The summed E-state index contributed by atoms with van der Waals surface area (Å²) in [6.45, 7) is 0. The van der Waals surface area contributed by atoms with E-state index in [0.717, 1.165) is 5.56 Å². The third kappa shape index (κ3) is 3.16. The van der Waals surface area contributed by atoms with Crippen LogP contribution in [0, 0.1) is 10.1 Å². The highest BCUT2D eigenvalue weighted by atomic mass is 16.6. The topological polar surface area (TPSA) is 80.3 Å². The molecule has 1 heterocycles. The molecule has 1 amide bonds. The first-order chi connectivity index (χ1) is 13.6. The number of carbonyl (C=O) groups is 2. The first kappa shape index (κ1) is 17.6. The Balaban J connectivity index is 1.69.